The molecular weight excluding hydrogens is 881 g/mol. The number of hydrogen-bond acceptors (Lipinski definition) is 16. The summed E-state index contributed by atoms with van der Waals surface area (Å²) in [6, 6.07) is 7.92. The summed E-state index contributed by atoms with van der Waals surface area (Å²) in [6.45, 7) is 14.8. The first-order valence-electron chi connectivity index (χ1n) is 23.6. The number of amides is 3. The van der Waals surface area contributed by atoms with E-state index in [1.165, 1.54) is 11.8 Å². The number of cyclic esters (lactones) is 1. The molecule has 3 aliphatic heterocycles. The van der Waals surface area contributed by atoms with E-state index in [2.05, 4.69) is 20.6 Å². The van der Waals surface area contributed by atoms with Crippen LogP contribution in [-0.4, -0.2) is 160 Å². The van der Waals surface area contributed by atoms with Gasteiger partial charge in [-0.3, -0.25) is 9.59 Å². The molecule has 4 N–H and O–H groups in total. The van der Waals surface area contributed by atoms with Crippen LogP contribution in [0.25, 0.3) is 17.5 Å². The van der Waals surface area contributed by atoms with Crippen LogP contribution in [0.1, 0.15) is 87.1 Å². The van der Waals surface area contributed by atoms with Crippen molar-refractivity contribution in [3.8, 4) is 11.4 Å². The van der Waals surface area contributed by atoms with Crippen molar-refractivity contribution in [3.05, 3.63) is 54.4 Å². The zero-order valence-corrected chi connectivity index (χ0v) is 41.2. The number of carbonyl (C=O) groups is 5. The Bertz CT molecular complexity index is 2060. The van der Waals surface area contributed by atoms with Gasteiger partial charge in [0.05, 0.1) is 24.7 Å². The standard InChI is InChI=1S/C49H72N6O13/c1-12-36-49(9)40(53-46(61)68-49)30(5)37(57)28(3)27-48(8,67-45(60)52-21-14-16-33-17-19-34(20-18-33)42-50-22-15-23-51-42)41(66-44-38(58)35(54(10)11)26-29(4)63-44)31(6)39(32(7)43(59)64-36)65-47(62)55(13-2)24-25-56/h14-20,22-23,28-32,35-36,38-41,44,56,58H,12-13,21,24-27H2,1-11H3,(H,52,60)(H,53,61)/t28-,29-,30+,31+,32-,35+,36-,38-,39+,40-,41-,44+,48-,49-/m1/s1. The number of benzene rings is 1. The van der Waals surface area contributed by atoms with Gasteiger partial charge in [-0.25, -0.2) is 24.4 Å². The third-order valence-corrected chi connectivity index (χ3v) is 13.6. The number of likely N-dealkylation sites (N-methyl/N-ethyl adjacent to an activating group) is 2. The minimum Gasteiger partial charge on any atom is -0.458 e. The van der Waals surface area contributed by atoms with Crippen LogP contribution in [0.2, 0.25) is 0 Å². The Kier molecular flexibility index (Phi) is 18.5. The third-order valence-electron chi connectivity index (χ3n) is 13.6. The number of rotatable bonds is 13. The number of ether oxygens (including phenoxy) is 6. The Morgan fingerprint density at radius 3 is 2.31 bits per heavy atom. The summed E-state index contributed by atoms with van der Waals surface area (Å²) in [4.78, 5) is 82.1. The number of nitrogens with one attached hydrogen (secondary N) is 2. The van der Waals surface area contributed by atoms with Crippen molar-refractivity contribution in [3.63, 3.8) is 0 Å². The number of hydrogen-bond donors (Lipinski definition) is 4. The Hall–Kier alpha value is -5.21. The van der Waals surface area contributed by atoms with Crippen LogP contribution >= 0.6 is 0 Å². The molecular formula is C49H72N6O13. The van der Waals surface area contributed by atoms with Gasteiger partial charge in [0.15, 0.2) is 17.7 Å². The molecule has 3 amide bonds. The van der Waals surface area contributed by atoms with Crippen LogP contribution < -0.4 is 10.6 Å². The largest absolute Gasteiger partial charge is 0.458 e. The van der Waals surface area contributed by atoms with Crippen molar-refractivity contribution in [1.82, 2.24) is 30.4 Å². The van der Waals surface area contributed by atoms with Crippen LogP contribution in [0.4, 0.5) is 14.4 Å². The predicted molar refractivity (Wildman–Crippen MR) is 250 cm³/mol. The topological polar surface area (TPSA) is 238 Å². The molecule has 14 atom stereocenters. The maximum absolute atomic E-state index is 14.7. The molecule has 0 spiro atoms. The fourth-order valence-corrected chi connectivity index (χ4v) is 9.90. The summed E-state index contributed by atoms with van der Waals surface area (Å²) >= 11 is 0. The van der Waals surface area contributed by atoms with Gasteiger partial charge < -0.3 is 59.1 Å². The molecule has 4 heterocycles. The van der Waals surface area contributed by atoms with E-state index < -0.39 is 108 Å². The molecule has 68 heavy (non-hydrogen) atoms. The second-order valence-electron chi connectivity index (χ2n) is 18.9. The molecule has 0 bridgehead atoms. The van der Waals surface area contributed by atoms with Crippen molar-refractivity contribution in [2.45, 2.75) is 142 Å². The summed E-state index contributed by atoms with van der Waals surface area (Å²) in [5.41, 5.74) is -1.61. The van der Waals surface area contributed by atoms with E-state index in [4.69, 9.17) is 28.4 Å². The number of carbonyl (C=O) groups excluding carboxylic acids is 5. The van der Waals surface area contributed by atoms with E-state index in [0.717, 1.165) is 11.1 Å². The van der Waals surface area contributed by atoms with Crippen molar-refractivity contribution in [2.24, 2.45) is 23.7 Å². The van der Waals surface area contributed by atoms with Gasteiger partial charge in [-0.15, -0.1) is 0 Å². The van der Waals surface area contributed by atoms with Crippen molar-refractivity contribution in [2.75, 3.05) is 40.3 Å². The lowest BCUT2D eigenvalue weighted by Crippen LogP contribution is -2.61. The number of alkyl carbamates (subject to hydrolysis) is 2. The zero-order valence-electron chi connectivity index (χ0n) is 41.2. The molecule has 19 nitrogen and oxygen atoms in total. The quantitative estimate of drug-likeness (QED) is 0.153. The number of ketones is 1. The average Bonchev–Trinajstić information content (AvgIpc) is 3.63. The number of esters is 1. The van der Waals surface area contributed by atoms with Crippen LogP contribution in [0, 0.1) is 23.7 Å². The SMILES string of the molecule is CC[C@H]1OC(=O)[C@H](C)[C@@H](OC(=O)N(CC)CCO)[C@H](C)[C@@H](O[C@@H]2O[C@H](C)C[C@H](N(C)C)[C@H]2O)[C@](C)(OC(=O)NCC=Cc2ccc(-c3ncccn3)cc2)C[C@@H](C)C(=O)[C@H](C)[C@H]2NC(=O)O[C@@]21C. The number of aromatic nitrogens is 2. The number of aliphatic hydroxyl groups excluding tert-OH is 2. The number of aliphatic hydroxyl groups is 2. The fraction of sp³-hybridized carbons (Fsp3) is 0.653. The van der Waals surface area contributed by atoms with E-state index >= 15 is 0 Å². The normalized spacial score (nSPS) is 33.7. The second-order valence-corrected chi connectivity index (χ2v) is 18.9. The highest BCUT2D eigenvalue weighted by Gasteiger charge is 2.58. The van der Waals surface area contributed by atoms with Crippen LogP contribution in [0.5, 0.6) is 0 Å². The molecule has 376 valence electrons. The first-order valence-corrected chi connectivity index (χ1v) is 23.6. The molecule has 1 aromatic heterocycles. The van der Waals surface area contributed by atoms with Gasteiger partial charge in [0.25, 0.3) is 0 Å². The fourth-order valence-electron chi connectivity index (χ4n) is 9.90. The van der Waals surface area contributed by atoms with Gasteiger partial charge in [-0.1, -0.05) is 64.1 Å². The molecule has 0 unspecified atom stereocenters. The molecule has 0 aliphatic carbocycles. The predicted octanol–water partition coefficient (Wildman–Crippen LogP) is 4.98. The van der Waals surface area contributed by atoms with E-state index in [-0.39, 0.29) is 44.9 Å². The number of fused-ring (bicyclic) bond motifs is 1. The lowest BCUT2D eigenvalue weighted by Gasteiger charge is -2.48. The van der Waals surface area contributed by atoms with Gasteiger partial charge in [-0.05, 0) is 79.6 Å². The van der Waals surface area contributed by atoms with E-state index in [1.54, 1.807) is 73.0 Å². The lowest BCUT2D eigenvalue weighted by atomic mass is 9.73. The highest BCUT2D eigenvalue weighted by Crippen LogP contribution is 2.42. The molecule has 0 radical (unpaired) electrons. The molecule has 1 aromatic carbocycles. The monoisotopic (exact) mass is 953 g/mol. The summed E-state index contributed by atoms with van der Waals surface area (Å²) in [5, 5.41) is 27.2. The summed E-state index contributed by atoms with van der Waals surface area (Å²) in [6.07, 6.45) is -1.91. The highest BCUT2D eigenvalue weighted by atomic mass is 16.7. The maximum atomic E-state index is 14.7. The number of Topliss-reactive ketones (excluding diaryl/α,β-unsaturated/α-hetero) is 1. The first kappa shape index (κ1) is 53.7. The van der Waals surface area contributed by atoms with Crippen LogP contribution in [0.15, 0.2) is 48.8 Å². The summed E-state index contributed by atoms with van der Waals surface area (Å²) in [7, 11) is 3.65. The molecule has 3 saturated heterocycles. The first-order chi connectivity index (χ1) is 32.2. The van der Waals surface area contributed by atoms with Crippen molar-refractivity contribution >= 4 is 36.1 Å². The smallest absolute Gasteiger partial charge is 0.410 e. The molecule has 3 fully saturated rings. The average molecular weight is 953 g/mol. The lowest BCUT2D eigenvalue weighted by molar-refractivity contribution is -0.298. The van der Waals surface area contributed by atoms with E-state index in [9.17, 15) is 34.2 Å². The minimum absolute atomic E-state index is 0.0247. The summed E-state index contributed by atoms with van der Waals surface area (Å²) in [5.74, 6) is -4.65. The van der Waals surface area contributed by atoms with Crippen molar-refractivity contribution in [1.29, 1.82) is 0 Å². The highest BCUT2D eigenvalue weighted by molar-refractivity contribution is 5.85. The third kappa shape index (κ3) is 12.5. The van der Waals surface area contributed by atoms with Gasteiger partial charge in [0.2, 0.25) is 0 Å². The Labute approximate surface area is 399 Å². The van der Waals surface area contributed by atoms with Crippen LogP contribution in [0.3, 0.4) is 0 Å². The van der Waals surface area contributed by atoms with Gasteiger partial charge >= 0.3 is 24.2 Å². The Morgan fingerprint density at radius 1 is 1.01 bits per heavy atom. The van der Waals surface area contributed by atoms with E-state index in [1.807, 2.05) is 56.3 Å². The minimum atomic E-state index is -1.80. The molecule has 5 rings (SSSR count). The molecule has 2 aromatic rings. The molecule has 19 heteroatoms. The van der Waals surface area contributed by atoms with Crippen LogP contribution in [-0.2, 0) is 38.0 Å². The summed E-state index contributed by atoms with van der Waals surface area (Å²) < 4.78 is 37.8. The maximum Gasteiger partial charge on any atom is 0.410 e. The van der Waals surface area contributed by atoms with Gasteiger partial charge in [0.1, 0.15) is 35.8 Å². The Balaban J connectivity index is 1.59. The van der Waals surface area contributed by atoms with E-state index in [0.29, 0.717) is 12.2 Å². The zero-order chi connectivity index (χ0) is 50.1. The molecule has 0 saturated carbocycles. The molecule has 3 aliphatic rings. The second kappa shape index (κ2) is 23.4. The van der Waals surface area contributed by atoms with Crippen molar-refractivity contribution < 1.29 is 62.6 Å². The van der Waals surface area contributed by atoms with Gasteiger partial charge in [0, 0.05) is 61.4 Å². The Morgan fingerprint density at radius 2 is 1.69 bits per heavy atom. The van der Waals surface area contributed by atoms with Gasteiger partial charge in [-0.2, -0.15) is 0 Å². The number of nitrogens with zero attached hydrogens (tertiary/aromatic N) is 4.